The largest absolute Gasteiger partial charge is 0.504 e. The zero-order valence-electron chi connectivity index (χ0n) is 75.9. The number of aliphatic hydroxyl groups excluding tert-OH is 1. The summed E-state index contributed by atoms with van der Waals surface area (Å²) in [5.41, 5.74) is 8.72. The van der Waals surface area contributed by atoms with Crippen LogP contribution in [-0.2, 0) is 6.61 Å². The molecule has 0 saturated heterocycles. The van der Waals surface area contributed by atoms with Crippen molar-refractivity contribution in [1.82, 2.24) is 24.9 Å². The number of methoxy groups -OCH3 is 5. The molecule has 0 aliphatic carbocycles. The Morgan fingerprint density at radius 2 is 0.599 bits per heavy atom. The van der Waals surface area contributed by atoms with Crippen molar-refractivity contribution >= 4 is 169 Å². The number of para-hydroxylation sites is 1. The Morgan fingerprint density at radius 1 is 0.317 bits per heavy atom. The molecule has 9 N–H and O–H groups in total. The third-order valence-corrected chi connectivity index (χ3v) is 20.8. The fourth-order valence-electron chi connectivity index (χ4n) is 12.8. The Balaban J connectivity index is 0.000000170. The number of benzene rings is 10. The minimum Gasteiger partial charge on any atom is -0.504 e. The molecule has 15 rings (SSSR count). The van der Waals surface area contributed by atoms with E-state index in [1.54, 1.807) is 219 Å². The smallest absolute Gasteiger partial charge is 0.311 e. The SMILES string of the molecule is COc1ccc(/C=C/C(=O)c2cccnc2Nc2ccc(CO)cc2)cc1[N+](=O)[O-].COc1ccc(/C=C/C(=O)c2cccnc2Nc2ccc(Cl)cc2)cc1O.COc1ccc(/C=C/C(=O)c2cccnc2Nc2ccc(Cl)cc2Cl)cc1O.COc1ccc(/C=C/C(=O)c2cccnc2Nc2ccc([N+](=O)[O-])cc2)cc1O.COc1ccc(/C=C/C(=O)c2cccnc2Nc2ccccc2)cc1[N+](=O)[O-]. The second-order valence-corrected chi connectivity index (χ2v) is 30.7. The molecule has 142 heavy (non-hydrogen) atoms. The van der Waals surface area contributed by atoms with Crippen molar-refractivity contribution in [1.29, 1.82) is 0 Å². The van der Waals surface area contributed by atoms with Crippen LogP contribution in [0.4, 0.5) is 74.6 Å². The van der Waals surface area contributed by atoms with E-state index >= 15 is 0 Å². The van der Waals surface area contributed by atoms with Crippen LogP contribution in [-0.4, -0.2) is 125 Å². The number of phenolic OH excluding ortho intramolecular Hbond substituents is 3. The van der Waals surface area contributed by atoms with Crippen molar-refractivity contribution in [3.05, 3.63) is 441 Å². The molecule has 0 fully saturated rings. The molecule has 33 nitrogen and oxygen atoms in total. The summed E-state index contributed by atoms with van der Waals surface area (Å²) in [5.74, 6) is 2.00. The Hall–Kier alpha value is -18.6. The molecule has 5 heterocycles. The van der Waals surface area contributed by atoms with Crippen LogP contribution in [0.1, 0.15) is 85.2 Å². The number of hydrogen-bond acceptors (Lipinski definition) is 30. The third-order valence-electron chi connectivity index (χ3n) is 20.0. The third kappa shape index (κ3) is 30.2. The van der Waals surface area contributed by atoms with E-state index in [9.17, 15) is 69.6 Å². The Labute approximate surface area is 827 Å². The van der Waals surface area contributed by atoms with E-state index in [1.807, 2.05) is 30.3 Å². The van der Waals surface area contributed by atoms with Gasteiger partial charge in [-0.05, 0) is 252 Å². The number of hydrogen-bond donors (Lipinski definition) is 9. The van der Waals surface area contributed by atoms with E-state index in [1.165, 1.54) is 151 Å². The van der Waals surface area contributed by atoms with Gasteiger partial charge >= 0.3 is 11.4 Å². The number of halogens is 3. The first-order valence-electron chi connectivity index (χ1n) is 42.3. The zero-order chi connectivity index (χ0) is 102. The van der Waals surface area contributed by atoms with Crippen molar-refractivity contribution in [2.24, 2.45) is 0 Å². The van der Waals surface area contributed by atoms with Crippen LogP contribution in [0.3, 0.4) is 0 Å². The molecule has 0 aliphatic rings. The van der Waals surface area contributed by atoms with Crippen molar-refractivity contribution in [2.75, 3.05) is 62.1 Å². The molecule has 0 radical (unpaired) electrons. The lowest BCUT2D eigenvalue weighted by Gasteiger charge is -2.10. The highest BCUT2D eigenvalue weighted by Gasteiger charge is 2.21. The number of phenols is 3. The fourth-order valence-corrected chi connectivity index (χ4v) is 13.4. The second kappa shape index (κ2) is 51.9. The van der Waals surface area contributed by atoms with Gasteiger partial charge in [0.2, 0.25) is 0 Å². The predicted molar refractivity (Wildman–Crippen MR) is 548 cm³/mol. The highest BCUT2D eigenvalue weighted by Crippen LogP contribution is 2.36. The molecular formula is C106H86Cl3N13O20. The van der Waals surface area contributed by atoms with Gasteiger partial charge < -0.3 is 70.7 Å². The van der Waals surface area contributed by atoms with Crippen LogP contribution in [0.2, 0.25) is 15.1 Å². The number of nitrogens with one attached hydrogen (secondary N) is 5. The molecule has 5 aromatic heterocycles. The number of pyridine rings is 5. The molecule has 36 heteroatoms. The first kappa shape index (κ1) is 104. The van der Waals surface area contributed by atoms with Gasteiger partial charge in [-0.25, -0.2) is 24.9 Å². The van der Waals surface area contributed by atoms with E-state index in [-0.39, 0.29) is 81.3 Å². The van der Waals surface area contributed by atoms with Crippen LogP contribution in [0.5, 0.6) is 46.0 Å². The molecule has 0 spiro atoms. The number of aromatic nitrogens is 5. The van der Waals surface area contributed by atoms with Gasteiger partial charge in [-0.3, -0.25) is 54.3 Å². The first-order valence-corrected chi connectivity index (χ1v) is 43.4. The minimum absolute atomic E-state index is 0.00165. The van der Waals surface area contributed by atoms with Crippen LogP contribution in [0.15, 0.2) is 334 Å². The van der Waals surface area contributed by atoms with Gasteiger partial charge in [0.15, 0.2) is 74.9 Å². The number of aromatic hydroxyl groups is 3. The molecular weight excluding hydrogens is 1880 g/mol. The highest BCUT2D eigenvalue weighted by atomic mass is 35.5. The van der Waals surface area contributed by atoms with Crippen molar-refractivity contribution in [3.8, 4) is 46.0 Å². The number of ether oxygens (including phenoxy) is 5. The van der Waals surface area contributed by atoms with Crippen LogP contribution in [0.25, 0.3) is 30.4 Å². The van der Waals surface area contributed by atoms with E-state index in [0.29, 0.717) is 128 Å². The molecule has 0 bridgehead atoms. The average molecular weight is 1970 g/mol. The minimum atomic E-state index is -0.538. The molecule has 0 atom stereocenters. The summed E-state index contributed by atoms with van der Waals surface area (Å²) in [6.07, 6.45) is 22.6. The summed E-state index contributed by atoms with van der Waals surface area (Å²) in [7, 11) is 7.13. The number of nitrogens with zero attached hydrogens (tertiary/aromatic N) is 8. The second-order valence-electron chi connectivity index (χ2n) is 29.4. The van der Waals surface area contributed by atoms with Crippen LogP contribution in [0, 0.1) is 30.3 Å². The van der Waals surface area contributed by atoms with Gasteiger partial charge in [0.25, 0.3) is 5.69 Å². The van der Waals surface area contributed by atoms with E-state index in [2.05, 4.69) is 51.5 Å². The van der Waals surface area contributed by atoms with Gasteiger partial charge in [-0.1, -0.05) is 126 Å². The first-order chi connectivity index (χ1) is 68.6. The van der Waals surface area contributed by atoms with Gasteiger partial charge in [0.1, 0.15) is 29.1 Å². The lowest BCUT2D eigenvalue weighted by molar-refractivity contribution is -0.385. The van der Waals surface area contributed by atoms with E-state index < -0.39 is 14.8 Å². The summed E-state index contributed by atoms with van der Waals surface area (Å²) in [4.78, 5) is 116. The fraction of sp³-hybridized carbons (Fsp3) is 0.0566. The number of carbonyl (C=O) groups is 5. The summed E-state index contributed by atoms with van der Waals surface area (Å²) < 4.78 is 25.0. The number of nitro groups is 3. The Bertz CT molecular complexity index is 7220. The molecule has 0 aliphatic heterocycles. The maximum atomic E-state index is 12.7. The van der Waals surface area contributed by atoms with Gasteiger partial charge in [0, 0.05) is 88.0 Å². The number of anilines is 10. The van der Waals surface area contributed by atoms with Gasteiger partial charge in [-0.2, -0.15) is 0 Å². The van der Waals surface area contributed by atoms with Crippen LogP contribution >= 0.6 is 34.8 Å². The molecule has 0 amide bonds. The summed E-state index contributed by atoms with van der Waals surface area (Å²) in [6.45, 7) is -0.0537. The Morgan fingerprint density at radius 3 is 0.887 bits per heavy atom. The number of allylic oxidation sites excluding steroid dienone is 5. The number of nitro benzene ring substituents is 3. The highest BCUT2D eigenvalue weighted by molar-refractivity contribution is 6.36. The number of carbonyl (C=O) groups excluding carboxylic acids is 5. The normalized spacial score (nSPS) is 10.7. The monoisotopic (exact) mass is 1970 g/mol. The molecule has 716 valence electrons. The lowest BCUT2D eigenvalue weighted by Crippen LogP contribution is -2.03. The summed E-state index contributed by atoms with van der Waals surface area (Å²) in [5, 5.41) is 88.6. The maximum absolute atomic E-state index is 12.7. The molecule has 10 aromatic carbocycles. The molecule has 0 saturated carbocycles. The maximum Gasteiger partial charge on any atom is 0.311 e. The van der Waals surface area contributed by atoms with E-state index in [4.69, 9.17) is 63.6 Å². The standard InChI is InChI=1S/C22H19N3O5.C21H16Cl2N2O3.C21H17ClN2O3.C21H17N3O5.C21H17N3O4/c1-30-21-11-7-15(13-19(21)25(28)29)6-10-20(27)18-3-2-12-23-22(18)24-17-8-4-16(14-26)5-9-17;1-28-20-9-5-13(11-19(20)27)4-8-18(26)15-3-2-10-24-21(15)25-17-7-6-14(22)12-16(17)23;1-27-20-11-5-14(13-19(20)26)4-10-18(25)17-3-2-12-23-21(17)24-16-8-6-15(22)7-9-16;1-29-20-11-5-14(13-19(20)26)4-10-18(25)17-3-2-12-22-21(17)23-15-6-8-16(9-7-15)24(27)28;1-28-20-12-10-15(14-18(20)24(26)27)9-11-19(25)17-8-5-13-22-21(17)23-16-6-3-2-4-7-16/h2-13,26H,14H2,1H3,(H,23,24);2-12,27H,1H3,(H,24,25);2-13,26H,1H3,(H,23,24);2-13,26H,1H3,(H,22,23);2-14H,1H3,(H,22,23)/b10-6+;8-4+;2*10-4+;11-9+. The molecule has 0 unspecified atom stereocenters. The van der Waals surface area contributed by atoms with E-state index in [0.717, 1.165) is 22.6 Å². The van der Waals surface area contributed by atoms with Gasteiger partial charge in [0.05, 0.1) is 95.5 Å². The zero-order valence-corrected chi connectivity index (χ0v) is 78.1. The quantitative estimate of drug-likeness (QED) is 0.00783. The number of aliphatic hydroxyl groups is 1. The van der Waals surface area contributed by atoms with Crippen LogP contribution < -0.4 is 50.3 Å². The topological polar surface area (TPSA) is 466 Å². The van der Waals surface area contributed by atoms with Gasteiger partial charge in [-0.15, -0.1) is 0 Å². The predicted octanol–water partition coefficient (Wildman–Crippen LogP) is 23.9. The summed E-state index contributed by atoms with van der Waals surface area (Å²) >= 11 is 18.0. The number of ketones is 5. The Kier molecular flexibility index (Phi) is 38.0. The number of rotatable bonds is 34. The molecule has 15 aromatic rings. The lowest BCUT2D eigenvalue weighted by atomic mass is 10.1. The van der Waals surface area contributed by atoms with Crippen molar-refractivity contribution in [3.63, 3.8) is 0 Å². The van der Waals surface area contributed by atoms with Crippen molar-refractivity contribution < 1.29 is 82.9 Å². The average Bonchev–Trinajstić information content (AvgIpc) is 0.843. The summed E-state index contributed by atoms with van der Waals surface area (Å²) in [6, 6.07) is 74.6. The van der Waals surface area contributed by atoms with Crippen molar-refractivity contribution in [2.45, 2.75) is 6.61 Å². The number of non-ortho nitro benzene ring substituents is 1.